The molecule has 1 atom stereocenters. The maximum atomic E-state index is 11.4. The molecule has 1 aliphatic heterocycles. The minimum atomic E-state index is -0.799. The first kappa shape index (κ1) is 17.3. The van der Waals surface area contributed by atoms with Gasteiger partial charge in [0.1, 0.15) is 11.7 Å². The van der Waals surface area contributed by atoms with E-state index in [4.69, 9.17) is 9.47 Å². The average Bonchev–Trinajstić information content (AvgIpc) is 3.16. The number of rotatable bonds is 6. The van der Waals surface area contributed by atoms with Crippen LogP contribution in [0.25, 0.3) is 0 Å². The van der Waals surface area contributed by atoms with Crippen molar-refractivity contribution >= 4 is 5.97 Å². The largest absolute Gasteiger partial charge is 0.452 e. The maximum Gasteiger partial charge on any atom is 0.331 e. The third kappa shape index (κ3) is 3.42. The topological polar surface area (TPSA) is 35.5 Å². The zero-order valence-corrected chi connectivity index (χ0v) is 14.8. The Bertz CT molecular complexity index is 821. The molecule has 3 aromatic rings. The SMILES string of the molecule is O=C1C=C[C@H](COC(c2ccccc2)(c2ccccc2)c2ccccc2)O1. The van der Waals surface area contributed by atoms with Gasteiger partial charge in [-0.3, -0.25) is 0 Å². The van der Waals surface area contributed by atoms with Gasteiger partial charge in [-0.1, -0.05) is 91.0 Å². The summed E-state index contributed by atoms with van der Waals surface area (Å²) in [5.74, 6) is -0.326. The predicted octanol–water partition coefficient (Wildman–Crippen LogP) is 4.48. The van der Waals surface area contributed by atoms with Crippen LogP contribution in [0.1, 0.15) is 16.7 Å². The minimum Gasteiger partial charge on any atom is -0.452 e. The lowest BCUT2D eigenvalue weighted by atomic mass is 9.80. The number of carbonyl (C=O) groups excluding carboxylic acids is 1. The van der Waals surface area contributed by atoms with Crippen LogP contribution in [0.2, 0.25) is 0 Å². The number of hydrogen-bond acceptors (Lipinski definition) is 3. The van der Waals surface area contributed by atoms with Crippen LogP contribution in [-0.4, -0.2) is 18.7 Å². The second kappa shape index (κ2) is 7.60. The molecule has 0 fully saturated rings. The second-order valence-electron chi connectivity index (χ2n) is 6.42. The Balaban J connectivity index is 1.84. The third-order valence-corrected chi connectivity index (χ3v) is 4.72. The van der Waals surface area contributed by atoms with Crippen molar-refractivity contribution in [3.05, 3.63) is 120 Å². The first-order chi connectivity index (χ1) is 13.3. The fourth-order valence-electron chi connectivity index (χ4n) is 3.48. The van der Waals surface area contributed by atoms with Crippen molar-refractivity contribution in [1.82, 2.24) is 0 Å². The Hall–Kier alpha value is -3.17. The highest BCUT2D eigenvalue weighted by Gasteiger charge is 2.38. The summed E-state index contributed by atoms with van der Waals surface area (Å²) >= 11 is 0. The number of ether oxygens (including phenoxy) is 2. The molecule has 0 saturated carbocycles. The Morgan fingerprint density at radius 3 is 1.56 bits per heavy atom. The lowest BCUT2D eigenvalue weighted by molar-refractivity contribution is -0.142. The van der Waals surface area contributed by atoms with Crippen molar-refractivity contribution in [1.29, 1.82) is 0 Å². The number of esters is 1. The van der Waals surface area contributed by atoms with Crippen molar-refractivity contribution in [2.45, 2.75) is 11.7 Å². The third-order valence-electron chi connectivity index (χ3n) is 4.72. The molecule has 0 saturated heterocycles. The van der Waals surface area contributed by atoms with Gasteiger partial charge in [0.2, 0.25) is 0 Å². The van der Waals surface area contributed by atoms with Crippen molar-refractivity contribution in [2.75, 3.05) is 6.61 Å². The van der Waals surface area contributed by atoms with Gasteiger partial charge in [-0.2, -0.15) is 0 Å². The van der Waals surface area contributed by atoms with Crippen molar-refractivity contribution in [2.24, 2.45) is 0 Å². The van der Waals surface area contributed by atoms with Crippen molar-refractivity contribution in [3.63, 3.8) is 0 Å². The van der Waals surface area contributed by atoms with E-state index in [1.165, 1.54) is 6.08 Å². The monoisotopic (exact) mass is 356 g/mol. The molecule has 0 bridgehead atoms. The number of benzene rings is 3. The summed E-state index contributed by atoms with van der Waals surface area (Å²) < 4.78 is 11.9. The quantitative estimate of drug-likeness (QED) is 0.483. The van der Waals surface area contributed by atoms with E-state index in [-0.39, 0.29) is 18.7 Å². The van der Waals surface area contributed by atoms with Crippen LogP contribution in [0.4, 0.5) is 0 Å². The van der Waals surface area contributed by atoms with Gasteiger partial charge >= 0.3 is 5.97 Å². The highest BCUT2D eigenvalue weighted by Crippen LogP contribution is 2.40. The van der Waals surface area contributed by atoms with Gasteiger partial charge in [-0.05, 0) is 22.8 Å². The van der Waals surface area contributed by atoms with Crippen LogP contribution < -0.4 is 0 Å². The zero-order chi connectivity index (χ0) is 18.5. The predicted molar refractivity (Wildman–Crippen MR) is 104 cm³/mol. The summed E-state index contributed by atoms with van der Waals surface area (Å²) in [6.07, 6.45) is 2.81. The van der Waals surface area contributed by atoms with E-state index in [9.17, 15) is 4.79 Å². The van der Waals surface area contributed by atoms with Gasteiger partial charge < -0.3 is 9.47 Å². The fourth-order valence-corrected chi connectivity index (χ4v) is 3.48. The summed E-state index contributed by atoms with van der Waals surface area (Å²) in [6.45, 7) is 0.265. The van der Waals surface area contributed by atoms with E-state index in [0.717, 1.165) is 16.7 Å². The Kier molecular flexibility index (Phi) is 4.86. The van der Waals surface area contributed by atoms with Crippen LogP contribution >= 0.6 is 0 Å². The van der Waals surface area contributed by atoms with Gasteiger partial charge in [0.25, 0.3) is 0 Å². The summed E-state index contributed by atoms with van der Waals surface area (Å²) in [6, 6.07) is 30.4. The molecule has 0 N–H and O–H groups in total. The molecule has 0 aliphatic carbocycles. The molecule has 0 aromatic heterocycles. The van der Waals surface area contributed by atoms with E-state index < -0.39 is 5.60 Å². The van der Waals surface area contributed by atoms with Gasteiger partial charge in [0.15, 0.2) is 0 Å². The Labute approximate surface area is 158 Å². The van der Waals surface area contributed by atoms with Gasteiger partial charge in [-0.15, -0.1) is 0 Å². The molecule has 0 amide bonds. The molecule has 3 heteroatoms. The molecule has 3 nitrogen and oxygen atoms in total. The zero-order valence-electron chi connectivity index (χ0n) is 14.8. The number of cyclic esters (lactones) is 1. The van der Waals surface area contributed by atoms with Gasteiger partial charge in [0, 0.05) is 6.08 Å². The molecule has 0 unspecified atom stereocenters. The summed E-state index contributed by atoms with van der Waals surface area (Å²) in [5.41, 5.74) is 2.27. The molecule has 0 radical (unpaired) electrons. The Morgan fingerprint density at radius 2 is 1.19 bits per heavy atom. The first-order valence-electron chi connectivity index (χ1n) is 8.98. The molecule has 0 spiro atoms. The molecule has 134 valence electrons. The van der Waals surface area contributed by atoms with Crippen LogP contribution in [0.15, 0.2) is 103 Å². The molecule has 4 rings (SSSR count). The van der Waals surface area contributed by atoms with Crippen LogP contribution in [0.3, 0.4) is 0 Å². The van der Waals surface area contributed by atoms with E-state index in [1.807, 2.05) is 54.6 Å². The fraction of sp³-hybridized carbons (Fsp3) is 0.125. The average molecular weight is 356 g/mol. The molecular formula is C24H20O3. The number of carbonyl (C=O) groups is 1. The standard InChI is InChI=1S/C24H20O3/c25-23-17-16-22(27-23)18-26-24(19-10-4-1-5-11-19,20-12-6-2-7-13-20)21-14-8-3-9-15-21/h1-17,22H,18H2/t22-/m1/s1. The molecule has 27 heavy (non-hydrogen) atoms. The first-order valence-corrected chi connectivity index (χ1v) is 8.98. The minimum absolute atomic E-state index is 0.265. The molecular weight excluding hydrogens is 336 g/mol. The van der Waals surface area contributed by atoms with E-state index in [1.54, 1.807) is 6.08 Å². The molecule has 1 aliphatic rings. The van der Waals surface area contributed by atoms with E-state index in [2.05, 4.69) is 36.4 Å². The van der Waals surface area contributed by atoms with Crippen LogP contribution in [0.5, 0.6) is 0 Å². The van der Waals surface area contributed by atoms with Crippen LogP contribution in [0, 0.1) is 0 Å². The lowest BCUT2D eigenvalue weighted by Gasteiger charge is -2.36. The van der Waals surface area contributed by atoms with E-state index >= 15 is 0 Å². The summed E-state index contributed by atoms with van der Waals surface area (Å²) in [4.78, 5) is 11.4. The highest BCUT2D eigenvalue weighted by molar-refractivity contribution is 5.84. The summed E-state index contributed by atoms with van der Waals surface area (Å²) in [5, 5.41) is 0. The summed E-state index contributed by atoms with van der Waals surface area (Å²) in [7, 11) is 0. The molecule has 3 aromatic carbocycles. The molecule has 1 heterocycles. The van der Waals surface area contributed by atoms with Crippen LogP contribution in [-0.2, 0) is 19.9 Å². The number of hydrogen-bond donors (Lipinski definition) is 0. The van der Waals surface area contributed by atoms with Crippen molar-refractivity contribution < 1.29 is 14.3 Å². The van der Waals surface area contributed by atoms with Gasteiger partial charge in [-0.25, -0.2) is 4.79 Å². The second-order valence-corrected chi connectivity index (χ2v) is 6.42. The van der Waals surface area contributed by atoms with Crippen molar-refractivity contribution in [3.8, 4) is 0 Å². The Morgan fingerprint density at radius 1 is 0.741 bits per heavy atom. The van der Waals surface area contributed by atoms with Gasteiger partial charge in [0.05, 0.1) is 6.61 Å². The highest BCUT2D eigenvalue weighted by atomic mass is 16.6. The normalized spacial score (nSPS) is 16.3. The maximum absolute atomic E-state index is 11.4. The smallest absolute Gasteiger partial charge is 0.331 e. The lowest BCUT2D eigenvalue weighted by Crippen LogP contribution is -2.35. The van der Waals surface area contributed by atoms with E-state index in [0.29, 0.717) is 0 Å².